The van der Waals surface area contributed by atoms with E-state index in [2.05, 4.69) is 5.10 Å². The number of hydrogen-bond donors (Lipinski definition) is 1. The van der Waals surface area contributed by atoms with Crippen LogP contribution in [0.5, 0.6) is 0 Å². The summed E-state index contributed by atoms with van der Waals surface area (Å²) in [5.74, 6) is 0. The first-order valence-corrected chi connectivity index (χ1v) is 6.23. The minimum absolute atomic E-state index is 0.482. The lowest BCUT2D eigenvalue weighted by molar-refractivity contribution is 0.0662. The van der Waals surface area contributed by atoms with Crippen LogP contribution in [-0.2, 0) is 4.74 Å². The van der Waals surface area contributed by atoms with Crippen LogP contribution < -0.4 is 5.73 Å². The van der Waals surface area contributed by atoms with Crippen molar-refractivity contribution in [3.8, 4) is 0 Å². The van der Waals surface area contributed by atoms with E-state index < -0.39 is 0 Å². The Balaban J connectivity index is 0.000000509. The minimum Gasteiger partial charge on any atom is -0.396 e. The van der Waals surface area contributed by atoms with Gasteiger partial charge in [0.1, 0.15) is 0 Å². The molecule has 0 bridgehead atoms. The molecular weight excluding hydrogens is 202 g/mol. The van der Waals surface area contributed by atoms with Crippen LogP contribution in [0, 0.1) is 0 Å². The highest BCUT2D eigenvalue weighted by molar-refractivity contribution is 5.30. The molecule has 0 unspecified atom stereocenters. The zero-order chi connectivity index (χ0) is 12.4. The van der Waals surface area contributed by atoms with E-state index in [9.17, 15) is 0 Å². The van der Waals surface area contributed by atoms with Crippen LogP contribution in [0.3, 0.4) is 0 Å². The van der Waals surface area contributed by atoms with Crippen LogP contribution >= 0.6 is 0 Å². The van der Waals surface area contributed by atoms with Crippen molar-refractivity contribution in [1.82, 2.24) is 9.78 Å². The van der Waals surface area contributed by atoms with Crippen molar-refractivity contribution in [2.24, 2.45) is 0 Å². The van der Waals surface area contributed by atoms with E-state index in [1.165, 1.54) is 0 Å². The molecule has 0 saturated carbocycles. The van der Waals surface area contributed by atoms with Gasteiger partial charge in [-0.3, -0.25) is 4.68 Å². The Bertz CT molecular complexity index is 255. The van der Waals surface area contributed by atoms with E-state index in [1.807, 2.05) is 38.6 Å². The normalized spacial score (nSPS) is 15.5. The molecule has 1 aliphatic rings. The van der Waals surface area contributed by atoms with Crippen LogP contribution in [0.1, 0.15) is 46.6 Å². The number of rotatable bonds is 1. The van der Waals surface area contributed by atoms with Crippen LogP contribution in [0.25, 0.3) is 0 Å². The van der Waals surface area contributed by atoms with E-state index in [1.54, 1.807) is 6.20 Å². The van der Waals surface area contributed by atoms with E-state index in [4.69, 9.17) is 10.5 Å². The molecule has 0 radical (unpaired) electrons. The van der Waals surface area contributed by atoms with Gasteiger partial charge < -0.3 is 10.5 Å². The Labute approximate surface area is 98.8 Å². The summed E-state index contributed by atoms with van der Waals surface area (Å²) < 4.78 is 7.20. The van der Waals surface area contributed by atoms with Crippen molar-refractivity contribution in [3.05, 3.63) is 12.4 Å². The third kappa shape index (κ3) is 4.66. The highest BCUT2D eigenvalue weighted by Gasteiger charge is 2.15. The minimum atomic E-state index is 0.482. The summed E-state index contributed by atoms with van der Waals surface area (Å²) in [6.07, 6.45) is 5.66. The molecule has 1 aliphatic heterocycles. The maximum absolute atomic E-state index is 5.57. The van der Waals surface area contributed by atoms with Gasteiger partial charge in [0.05, 0.1) is 17.9 Å². The fraction of sp³-hybridized carbons (Fsp3) is 0.750. The highest BCUT2D eigenvalue weighted by atomic mass is 16.5. The van der Waals surface area contributed by atoms with Crippen LogP contribution in [0.2, 0.25) is 0 Å². The second-order valence-electron chi connectivity index (χ2n) is 3.10. The van der Waals surface area contributed by atoms with Gasteiger partial charge in [-0.05, 0) is 12.8 Å². The first-order chi connectivity index (χ1) is 7.86. The lowest BCUT2D eigenvalue weighted by Gasteiger charge is -2.22. The summed E-state index contributed by atoms with van der Waals surface area (Å²) in [6.45, 7) is 9.68. The monoisotopic (exact) mass is 227 g/mol. The topological polar surface area (TPSA) is 53.1 Å². The number of nitrogen functional groups attached to an aromatic ring is 1. The molecule has 0 aliphatic carbocycles. The molecule has 1 saturated heterocycles. The third-order valence-corrected chi connectivity index (χ3v) is 2.19. The number of aromatic nitrogens is 2. The van der Waals surface area contributed by atoms with Gasteiger partial charge in [0, 0.05) is 19.4 Å². The Hall–Kier alpha value is -1.03. The van der Waals surface area contributed by atoms with Gasteiger partial charge in [0.25, 0.3) is 0 Å². The third-order valence-electron chi connectivity index (χ3n) is 2.19. The Morgan fingerprint density at radius 3 is 2.25 bits per heavy atom. The molecule has 1 aromatic rings. The van der Waals surface area contributed by atoms with Gasteiger partial charge in [-0.25, -0.2) is 0 Å². The van der Waals surface area contributed by atoms with Gasteiger partial charge in [-0.1, -0.05) is 27.7 Å². The summed E-state index contributed by atoms with van der Waals surface area (Å²) in [5.41, 5.74) is 6.31. The van der Waals surface area contributed by atoms with Crippen LogP contribution in [0.4, 0.5) is 5.69 Å². The first kappa shape index (κ1) is 15.0. The van der Waals surface area contributed by atoms with Gasteiger partial charge in [0.15, 0.2) is 0 Å². The van der Waals surface area contributed by atoms with Gasteiger partial charge >= 0.3 is 0 Å². The number of nitrogens with two attached hydrogens (primary N) is 1. The summed E-state index contributed by atoms with van der Waals surface area (Å²) in [5, 5.41) is 4.18. The quantitative estimate of drug-likeness (QED) is 0.802. The van der Waals surface area contributed by atoms with Gasteiger partial charge in [-0.15, -0.1) is 0 Å². The molecule has 2 N–H and O–H groups in total. The molecule has 2 rings (SSSR count). The lowest BCUT2D eigenvalue weighted by Crippen LogP contribution is -2.19. The molecule has 0 amide bonds. The number of anilines is 1. The van der Waals surface area contributed by atoms with Gasteiger partial charge in [-0.2, -0.15) is 5.10 Å². The molecule has 1 fully saturated rings. The van der Waals surface area contributed by atoms with Crippen LogP contribution in [0.15, 0.2) is 12.4 Å². The molecule has 1 aromatic heterocycles. The molecule has 4 nitrogen and oxygen atoms in total. The maximum Gasteiger partial charge on any atom is 0.0719 e. The number of nitrogens with zero attached hydrogens (tertiary/aromatic N) is 2. The zero-order valence-corrected chi connectivity index (χ0v) is 10.9. The molecular formula is C12H25N3O. The molecule has 94 valence electrons. The van der Waals surface area contributed by atoms with E-state index in [-0.39, 0.29) is 0 Å². The fourth-order valence-corrected chi connectivity index (χ4v) is 1.50. The largest absolute Gasteiger partial charge is 0.396 e. The van der Waals surface area contributed by atoms with E-state index >= 15 is 0 Å². The fourth-order valence-electron chi connectivity index (χ4n) is 1.50. The van der Waals surface area contributed by atoms with Crippen molar-refractivity contribution in [3.63, 3.8) is 0 Å². The van der Waals surface area contributed by atoms with Crippen molar-refractivity contribution in [2.45, 2.75) is 46.6 Å². The van der Waals surface area contributed by atoms with Crippen LogP contribution in [-0.4, -0.2) is 23.0 Å². The van der Waals surface area contributed by atoms with Crippen molar-refractivity contribution in [1.29, 1.82) is 0 Å². The lowest BCUT2D eigenvalue weighted by atomic mass is 10.1. The molecule has 0 spiro atoms. The SMILES string of the molecule is CC.CC.Nc1cnn(C2CCOCC2)c1. The second kappa shape index (κ2) is 9.21. The van der Waals surface area contributed by atoms with E-state index in [0.29, 0.717) is 6.04 Å². The van der Waals surface area contributed by atoms with Gasteiger partial charge in [0.2, 0.25) is 0 Å². The maximum atomic E-state index is 5.57. The average molecular weight is 227 g/mol. The first-order valence-electron chi connectivity index (χ1n) is 6.23. The van der Waals surface area contributed by atoms with E-state index in [0.717, 1.165) is 31.7 Å². The summed E-state index contributed by atoms with van der Waals surface area (Å²) in [6, 6.07) is 0.482. The molecule has 4 heteroatoms. The molecule has 2 heterocycles. The average Bonchev–Trinajstić information content (AvgIpc) is 2.82. The molecule has 0 aromatic carbocycles. The highest BCUT2D eigenvalue weighted by Crippen LogP contribution is 2.20. The predicted octanol–water partition coefficient (Wildman–Crippen LogP) is 2.87. The Morgan fingerprint density at radius 2 is 1.81 bits per heavy atom. The standard InChI is InChI=1S/C8H13N3O.2C2H6/c9-7-5-10-11(6-7)8-1-3-12-4-2-8;2*1-2/h5-6,8H,1-4,9H2;2*1-2H3. The van der Waals surface area contributed by atoms with Crippen molar-refractivity contribution < 1.29 is 4.74 Å². The predicted molar refractivity (Wildman–Crippen MR) is 68.4 cm³/mol. The summed E-state index contributed by atoms with van der Waals surface area (Å²) in [7, 11) is 0. The summed E-state index contributed by atoms with van der Waals surface area (Å²) >= 11 is 0. The number of hydrogen-bond acceptors (Lipinski definition) is 3. The zero-order valence-electron chi connectivity index (χ0n) is 10.9. The molecule has 16 heavy (non-hydrogen) atoms. The van der Waals surface area contributed by atoms with Crippen molar-refractivity contribution >= 4 is 5.69 Å². The Morgan fingerprint density at radius 1 is 1.25 bits per heavy atom. The number of ether oxygens (including phenoxy) is 1. The molecule has 0 atom stereocenters. The smallest absolute Gasteiger partial charge is 0.0719 e. The Kier molecular flexibility index (Phi) is 8.62. The summed E-state index contributed by atoms with van der Waals surface area (Å²) in [4.78, 5) is 0. The second-order valence-corrected chi connectivity index (χ2v) is 3.10. The van der Waals surface area contributed by atoms with Crippen molar-refractivity contribution in [2.75, 3.05) is 18.9 Å².